The summed E-state index contributed by atoms with van der Waals surface area (Å²) in [7, 11) is 3.02. The highest BCUT2D eigenvalue weighted by Gasteiger charge is 2.29. The van der Waals surface area contributed by atoms with E-state index in [0.717, 1.165) is 16.1 Å². The standard InChI is InChI=1S/C22H28N2O4/c1-14-9-8-10-19(15(14)2)21(26)24(23-22(3,4)5)20(25)16-11-17(27-6)13-18(12-16)28-7/h8-13,23H,1-7H3. The van der Waals surface area contributed by atoms with Crippen LogP contribution >= 0.6 is 0 Å². The first-order valence-corrected chi connectivity index (χ1v) is 9.03. The number of carbonyl (C=O) groups is 2. The van der Waals surface area contributed by atoms with Crippen LogP contribution in [0.4, 0.5) is 0 Å². The van der Waals surface area contributed by atoms with Gasteiger partial charge >= 0.3 is 0 Å². The third-order valence-corrected chi connectivity index (χ3v) is 4.29. The molecular weight excluding hydrogens is 356 g/mol. The van der Waals surface area contributed by atoms with E-state index in [4.69, 9.17) is 9.47 Å². The highest BCUT2D eigenvalue weighted by atomic mass is 16.5. The fourth-order valence-electron chi connectivity index (χ4n) is 2.69. The number of aryl methyl sites for hydroxylation is 1. The number of ether oxygens (including phenoxy) is 2. The van der Waals surface area contributed by atoms with Crippen LogP contribution < -0.4 is 14.9 Å². The highest BCUT2D eigenvalue weighted by molar-refractivity contribution is 6.10. The van der Waals surface area contributed by atoms with E-state index in [-0.39, 0.29) is 5.56 Å². The summed E-state index contributed by atoms with van der Waals surface area (Å²) in [5.74, 6) is 0.0381. The molecule has 0 aromatic heterocycles. The maximum Gasteiger partial charge on any atom is 0.275 e. The van der Waals surface area contributed by atoms with E-state index in [2.05, 4.69) is 5.43 Å². The first-order valence-electron chi connectivity index (χ1n) is 9.03. The lowest BCUT2D eigenvalue weighted by Crippen LogP contribution is -2.55. The smallest absolute Gasteiger partial charge is 0.275 e. The van der Waals surface area contributed by atoms with Gasteiger partial charge in [0.2, 0.25) is 0 Å². The predicted molar refractivity (Wildman–Crippen MR) is 109 cm³/mol. The van der Waals surface area contributed by atoms with E-state index < -0.39 is 17.4 Å². The molecule has 0 aliphatic carbocycles. The number of carbonyl (C=O) groups excluding carboxylic acids is 2. The van der Waals surface area contributed by atoms with Crippen molar-refractivity contribution in [2.75, 3.05) is 14.2 Å². The fourth-order valence-corrected chi connectivity index (χ4v) is 2.69. The van der Waals surface area contributed by atoms with Gasteiger partial charge in [-0.05, 0) is 63.9 Å². The normalized spacial score (nSPS) is 11.1. The number of hydrazine groups is 1. The second kappa shape index (κ2) is 8.44. The molecule has 0 bridgehead atoms. The first-order chi connectivity index (χ1) is 13.1. The monoisotopic (exact) mass is 384 g/mol. The Kier molecular flexibility index (Phi) is 6.46. The molecule has 6 heteroatoms. The summed E-state index contributed by atoms with van der Waals surface area (Å²) in [5.41, 5.74) is 5.10. The van der Waals surface area contributed by atoms with E-state index >= 15 is 0 Å². The van der Waals surface area contributed by atoms with Crippen LogP contribution in [-0.4, -0.2) is 36.6 Å². The number of rotatable bonds is 5. The van der Waals surface area contributed by atoms with E-state index in [0.29, 0.717) is 17.1 Å². The Morgan fingerprint density at radius 1 is 0.929 bits per heavy atom. The van der Waals surface area contributed by atoms with Gasteiger partial charge < -0.3 is 9.47 Å². The van der Waals surface area contributed by atoms with Crippen molar-refractivity contribution in [3.05, 3.63) is 58.7 Å². The van der Waals surface area contributed by atoms with Crippen molar-refractivity contribution in [3.63, 3.8) is 0 Å². The first kappa shape index (κ1) is 21.4. The molecule has 0 saturated heterocycles. The van der Waals surface area contributed by atoms with Gasteiger partial charge in [0.05, 0.1) is 14.2 Å². The van der Waals surface area contributed by atoms with E-state index in [1.54, 1.807) is 24.3 Å². The summed E-state index contributed by atoms with van der Waals surface area (Å²) in [4.78, 5) is 26.6. The maximum atomic E-state index is 13.3. The van der Waals surface area contributed by atoms with Crippen molar-refractivity contribution in [3.8, 4) is 11.5 Å². The molecule has 2 amide bonds. The summed E-state index contributed by atoms with van der Waals surface area (Å²) in [6, 6.07) is 10.3. The number of nitrogens with one attached hydrogen (secondary N) is 1. The zero-order chi connectivity index (χ0) is 21.1. The van der Waals surface area contributed by atoms with Gasteiger partial charge in [0, 0.05) is 22.7 Å². The summed E-state index contributed by atoms with van der Waals surface area (Å²) < 4.78 is 10.5. The number of benzene rings is 2. The minimum Gasteiger partial charge on any atom is -0.497 e. The van der Waals surface area contributed by atoms with Crippen molar-refractivity contribution < 1.29 is 19.1 Å². The molecule has 0 aliphatic rings. The molecule has 6 nitrogen and oxygen atoms in total. The third kappa shape index (κ3) is 4.89. The Morgan fingerprint density at radius 3 is 2.00 bits per heavy atom. The quantitative estimate of drug-likeness (QED) is 0.625. The topological polar surface area (TPSA) is 67.9 Å². The van der Waals surface area contributed by atoms with Gasteiger partial charge in [-0.25, -0.2) is 10.4 Å². The number of hydrogen-bond donors (Lipinski definition) is 1. The van der Waals surface area contributed by atoms with Crippen LogP contribution in [0.25, 0.3) is 0 Å². The summed E-state index contributed by atoms with van der Waals surface area (Å²) >= 11 is 0. The van der Waals surface area contributed by atoms with Crippen LogP contribution in [-0.2, 0) is 0 Å². The van der Waals surface area contributed by atoms with E-state index in [1.165, 1.54) is 14.2 Å². The van der Waals surface area contributed by atoms with Crippen LogP contribution in [0.5, 0.6) is 11.5 Å². The second-order valence-corrected chi connectivity index (χ2v) is 7.66. The lowest BCUT2D eigenvalue weighted by Gasteiger charge is -2.30. The molecule has 0 atom stereocenters. The van der Waals surface area contributed by atoms with Crippen molar-refractivity contribution in [2.45, 2.75) is 40.2 Å². The molecule has 2 aromatic rings. The number of amides is 2. The van der Waals surface area contributed by atoms with Crippen molar-refractivity contribution in [1.29, 1.82) is 0 Å². The molecule has 28 heavy (non-hydrogen) atoms. The van der Waals surface area contributed by atoms with Gasteiger partial charge in [0.1, 0.15) is 11.5 Å². The van der Waals surface area contributed by atoms with Gasteiger partial charge in [0.15, 0.2) is 0 Å². The van der Waals surface area contributed by atoms with E-state index in [9.17, 15) is 9.59 Å². The second-order valence-electron chi connectivity index (χ2n) is 7.66. The van der Waals surface area contributed by atoms with Crippen LogP contribution in [0.2, 0.25) is 0 Å². The van der Waals surface area contributed by atoms with Gasteiger partial charge in [-0.1, -0.05) is 12.1 Å². The third-order valence-electron chi connectivity index (χ3n) is 4.29. The molecule has 0 fully saturated rings. The van der Waals surface area contributed by atoms with Crippen molar-refractivity contribution in [2.24, 2.45) is 0 Å². The maximum absolute atomic E-state index is 13.3. The number of imide groups is 1. The average Bonchev–Trinajstić information content (AvgIpc) is 2.66. The molecule has 0 radical (unpaired) electrons. The molecule has 0 saturated carbocycles. The Morgan fingerprint density at radius 2 is 1.50 bits per heavy atom. The molecule has 150 valence electrons. The summed E-state index contributed by atoms with van der Waals surface area (Å²) in [6.45, 7) is 9.46. The van der Waals surface area contributed by atoms with Crippen LogP contribution in [0.1, 0.15) is 52.6 Å². The molecule has 2 rings (SSSR count). The largest absolute Gasteiger partial charge is 0.497 e. The van der Waals surface area contributed by atoms with Crippen LogP contribution in [0, 0.1) is 13.8 Å². The van der Waals surface area contributed by atoms with Crippen LogP contribution in [0.3, 0.4) is 0 Å². The van der Waals surface area contributed by atoms with E-state index in [1.807, 2.05) is 46.8 Å². The average molecular weight is 384 g/mol. The molecule has 2 aromatic carbocycles. The number of hydrogen-bond acceptors (Lipinski definition) is 5. The minimum atomic E-state index is -0.508. The fraction of sp³-hybridized carbons (Fsp3) is 0.364. The lowest BCUT2D eigenvalue weighted by molar-refractivity contribution is 0.0451. The highest BCUT2D eigenvalue weighted by Crippen LogP contribution is 2.24. The summed E-state index contributed by atoms with van der Waals surface area (Å²) in [5, 5.41) is 1.07. The van der Waals surface area contributed by atoms with Gasteiger partial charge in [-0.2, -0.15) is 0 Å². The SMILES string of the molecule is COc1cc(OC)cc(C(=O)N(NC(C)(C)C)C(=O)c2cccc(C)c2C)c1. The summed E-state index contributed by atoms with van der Waals surface area (Å²) in [6.07, 6.45) is 0. The van der Waals surface area contributed by atoms with Gasteiger partial charge in [0.25, 0.3) is 11.8 Å². The van der Waals surface area contributed by atoms with Crippen molar-refractivity contribution in [1.82, 2.24) is 10.4 Å². The van der Waals surface area contributed by atoms with Gasteiger partial charge in [-0.15, -0.1) is 0 Å². The number of nitrogens with zero attached hydrogens (tertiary/aromatic N) is 1. The predicted octanol–water partition coefficient (Wildman–Crippen LogP) is 3.91. The molecule has 0 unspecified atom stereocenters. The molecule has 1 N–H and O–H groups in total. The van der Waals surface area contributed by atoms with Crippen LogP contribution in [0.15, 0.2) is 36.4 Å². The zero-order valence-corrected chi connectivity index (χ0v) is 17.5. The lowest BCUT2D eigenvalue weighted by atomic mass is 10.0. The molecule has 0 spiro atoms. The number of methoxy groups -OCH3 is 2. The Bertz CT molecular complexity index is 862. The Balaban J connectivity index is 2.53. The zero-order valence-electron chi connectivity index (χ0n) is 17.5. The molecule has 0 aliphatic heterocycles. The molecular formula is C22H28N2O4. The molecule has 0 heterocycles. The van der Waals surface area contributed by atoms with Gasteiger partial charge in [-0.3, -0.25) is 9.59 Å². The minimum absolute atomic E-state index is 0.284. The van der Waals surface area contributed by atoms with Crippen molar-refractivity contribution >= 4 is 11.8 Å². The Labute approximate surface area is 166 Å². The Hall–Kier alpha value is -2.86.